The molecule has 1 heterocycles. The molecule has 31 heavy (non-hydrogen) atoms. The average molecular weight is 442 g/mol. The van der Waals surface area contributed by atoms with Crippen LogP contribution in [0.25, 0.3) is 11.4 Å². The topological polar surface area (TPSA) is 61.9 Å². The number of carbonyl (C=O) groups is 1. The molecule has 0 radical (unpaired) electrons. The van der Waals surface area contributed by atoms with Crippen molar-refractivity contribution in [3.8, 4) is 11.4 Å². The van der Waals surface area contributed by atoms with Crippen molar-refractivity contribution in [2.75, 3.05) is 7.05 Å². The average Bonchev–Trinajstić information content (AvgIpc) is 3.21. The highest BCUT2D eigenvalue weighted by molar-refractivity contribution is 5.94. The number of amides is 1. The Bertz CT molecular complexity index is 1040. The van der Waals surface area contributed by atoms with Crippen molar-refractivity contribution < 1.29 is 31.1 Å². The third-order valence-corrected chi connectivity index (χ3v) is 4.67. The van der Waals surface area contributed by atoms with Gasteiger partial charge in [0.2, 0.25) is 0 Å². The summed E-state index contributed by atoms with van der Waals surface area (Å²) in [5.74, 6) is -0.471. The second-order valence-electron chi connectivity index (χ2n) is 6.80. The Morgan fingerprint density at radius 3 is 2.03 bits per heavy atom. The van der Waals surface area contributed by atoms with Gasteiger partial charge in [-0.3, -0.25) is 9.89 Å². The third kappa shape index (κ3) is 4.86. The lowest BCUT2D eigenvalue weighted by molar-refractivity contribution is -0.143. The molecule has 1 atom stereocenters. The van der Waals surface area contributed by atoms with Crippen LogP contribution in [0.3, 0.4) is 0 Å². The number of nitrogens with zero attached hydrogens (tertiary/aromatic N) is 3. The van der Waals surface area contributed by atoms with Crippen molar-refractivity contribution >= 4 is 5.91 Å². The molecule has 5 nitrogen and oxygen atoms in total. The predicted octanol–water partition coefficient (Wildman–Crippen LogP) is 5.34. The van der Waals surface area contributed by atoms with Gasteiger partial charge in [-0.05, 0) is 25.1 Å². The first-order chi connectivity index (χ1) is 14.4. The number of alkyl halides is 6. The fourth-order valence-corrected chi connectivity index (χ4v) is 2.82. The molecule has 0 saturated heterocycles. The number of nitrogens with one attached hydrogen (secondary N) is 1. The molecule has 1 aromatic heterocycles. The molecule has 0 aliphatic rings. The van der Waals surface area contributed by atoms with E-state index in [4.69, 9.17) is 0 Å². The van der Waals surface area contributed by atoms with Crippen molar-refractivity contribution in [2.24, 2.45) is 0 Å². The van der Waals surface area contributed by atoms with Crippen LogP contribution in [0.4, 0.5) is 26.3 Å². The molecule has 0 aliphatic heterocycles. The SMILES string of the molecule is CC(c1nc(-c2ccccc2)n[nH]1)N(C)C(=O)c1cc(C(F)(F)F)cc(C(F)(F)F)c1. The van der Waals surface area contributed by atoms with Gasteiger partial charge in [-0.1, -0.05) is 30.3 Å². The van der Waals surface area contributed by atoms with E-state index in [9.17, 15) is 31.1 Å². The van der Waals surface area contributed by atoms with Crippen molar-refractivity contribution in [2.45, 2.75) is 25.3 Å². The van der Waals surface area contributed by atoms with Crippen LogP contribution in [-0.4, -0.2) is 33.0 Å². The Morgan fingerprint density at radius 2 is 1.52 bits per heavy atom. The van der Waals surface area contributed by atoms with Crippen LogP contribution >= 0.6 is 0 Å². The quantitative estimate of drug-likeness (QED) is 0.555. The van der Waals surface area contributed by atoms with Crippen LogP contribution in [0.5, 0.6) is 0 Å². The van der Waals surface area contributed by atoms with Crippen LogP contribution in [0, 0.1) is 0 Å². The first kappa shape index (κ1) is 22.3. The van der Waals surface area contributed by atoms with Crippen molar-refractivity contribution in [1.29, 1.82) is 0 Å². The first-order valence-electron chi connectivity index (χ1n) is 8.92. The summed E-state index contributed by atoms with van der Waals surface area (Å²) >= 11 is 0. The van der Waals surface area contributed by atoms with Gasteiger partial charge in [0.05, 0.1) is 17.2 Å². The molecule has 164 valence electrons. The number of hydrogen-bond acceptors (Lipinski definition) is 3. The number of carbonyl (C=O) groups excluding carboxylic acids is 1. The van der Waals surface area contributed by atoms with Gasteiger partial charge in [0.1, 0.15) is 5.82 Å². The third-order valence-electron chi connectivity index (χ3n) is 4.67. The van der Waals surface area contributed by atoms with E-state index >= 15 is 0 Å². The number of rotatable bonds is 4. The van der Waals surface area contributed by atoms with Crippen LogP contribution in [0.15, 0.2) is 48.5 Å². The van der Waals surface area contributed by atoms with E-state index in [1.165, 1.54) is 14.0 Å². The van der Waals surface area contributed by atoms with Gasteiger partial charge in [0.25, 0.3) is 5.91 Å². The minimum absolute atomic E-state index is 0.0250. The van der Waals surface area contributed by atoms with Gasteiger partial charge in [-0.15, -0.1) is 0 Å². The van der Waals surface area contributed by atoms with Crippen LogP contribution in [0.2, 0.25) is 0 Å². The Hall–Kier alpha value is -3.37. The molecule has 2 aromatic carbocycles. The number of aromatic amines is 1. The summed E-state index contributed by atoms with van der Waals surface area (Å²) in [5, 5.41) is 6.69. The standard InChI is InChI=1S/C20H16F6N4O/c1-11(16-27-17(29-28-16)12-6-4-3-5-7-12)30(2)18(31)13-8-14(19(21,22)23)10-15(9-13)20(24,25)26/h3-11H,1-2H3,(H,27,28,29). The Labute approximate surface area is 172 Å². The summed E-state index contributed by atoms with van der Waals surface area (Å²) in [6, 6.07) is 8.84. The summed E-state index contributed by atoms with van der Waals surface area (Å²) in [4.78, 5) is 18.0. The Morgan fingerprint density at radius 1 is 0.968 bits per heavy atom. The molecule has 11 heteroatoms. The number of hydrogen-bond donors (Lipinski definition) is 1. The summed E-state index contributed by atoms with van der Waals surface area (Å²) in [5.41, 5.74) is -3.16. The lowest BCUT2D eigenvalue weighted by Gasteiger charge is -2.24. The van der Waals surface area contributed by atoms with E-state index in [0.29, 0.717) is 23.5 Å². The minimum Gasteiger partial charge on any atom is -0.332 e. The Balaban J connectivity index is 1.91. The summed E-state index contributed by atoms with van der Waals surface area (Å²) < 4.78 is 78.4. The van der Waals surface area contributed by atoms with E-state index in [1.807, 2.05) is 0 Å². The molecule has 0 bridgehead atoms. The monoisotopic (exact) mass is 442 g/mol. The highest BCUT2D eigenvalue weighted by Gasteiger charge is 2.38. The van der Waals surface area contributed by atoms with Gasteiger partial charge in [-0.2, -0.15) is 31.4 Å². The molecular formula is C20H16F6N4O. The number of aromatic nitrogens is 3. The minimum atomic E-state index is -5.05. The zero-order valence-corrected chi connectivity index (χ0v) is 16.2. The second-order valence-corrected chi connectivity index (χ2v) is 6.80. The fourth-order valence-electron chi connectivity index (χ4n) is 2.82. The summed E-state index contributed by atoms with van der Waals surface area (Å²) in [6.07, 6.45) is -10.1. The summed E-state index contributed by atoms with van der Waals surface area (Å²) in [6.45, 7) is 1.52. The van der Waals surface area contributed by atoms with Crippen LogP contribution < -0.4 is 0 Å². The maximum Gasteiger partial charge on any atom is 0.416 e. The van der Waals surface area contributed by atoms with E-state index in [1.54, 1.807) is 30.3 Å². The predicted molar refractivity (Wildman–Crippen MR) is 98.8 cm³/mol. The number of H-pyrrole nitrogens is 1. The maximum absolute atomic E-state index is 13.1. The highest BCUT2D eigenvalue weighted by Crippen LogP contribution is 2.36. The fraction of sp³-hybridized carbons (Fsp3) is 0.250. The highest BCUT2D eigenvalue weighted by atomic mass is 19.4. The molecular weight excluding hydrogens is 426 g/mol. The molecule has 3 aromatic rings. The van der Waals surface area contributed by atoms with E-state index in [0.717, 1.165) is 4.90 Å². The molecule has 1 amide bonds. The van der Waals surface area contributed by atoms with Crippen molar-refractivity contribution in [3.05, 3.63) is 71.0 Å². The molecule has 0 saturated carbocycles. The van der Waals surface area contributed by atoms with Crippen LogP contribution in [-0.2, 0) is 12.4 Å². The smallest absolute Gasteiger partial charge is 0.332 e. The van der Waals surface area contributed by atoms with E-state index < -0.39 is 41.0 Å². The van der Waals surface area contributed by atoms with Crippen molar-refractivity contribution in [3.63, 3.8) is 0 Å². The van der Waals surface area contributed by atoms with Gasteiger partial charge < -0.3 is 4.90 Å². The zero-order valence-electron chi connectivity index (χ0n) is 16.2. The lowest BCUT2D eigenvalue weighted by atomic mass is 10.0. The normalized spacial score (nSPS) is 13.2. The zero-order chi connectivity index (χ0) is 23.0. The van der Waals surface area contributed by atoms with Crippen LogP contribution in [0.1, 0.15) is 40.3 Å². The van der Waals surface area contributed by atoms with Gasteiger partial charge in [-0.25, -0.2) is 4.98 Å². The number of halogens is 6. The maximum atomic E-state index is 13.1. The molecule has 1 N–H and O–H groups in total. The number of benzene rings is 2. The largest absolute Gasteiger partial charge is 0.416 e. The molecule has 0 aliphatic carbocycles. The van der Waals surface area contributed by atoms with Gasteiger partial charge >= 0.3 is 12.4 Å². The molecule has 0 fully saturated rings. The van der Waals surface area contributed by atoms with Gasteiger partial charge in [0, 0.05) is 18.2 Å². The summed E-state index contributed by atoms with van der Waals surface area (Å²) in [7, 11) is 1.26. The molecule has 0 spiro atoms. The van der Waals surface area contributed by atoms with Crippen molar-refractivity contribution in [1.82, 2.24) is 20.1 Å². The Kier molecular flexibility index (Phi) is 5.79. The lowest BCUT2D eigenvalue weighted by Crippen LogP contribution is -2.31. The van der Waals surface area contributed by atoms with Gasteiger partial charge in [0.15, 0.2) is 5.82 Å². The van der Waals surface area contributed by atoms with E-state index in [2.05, 4.69) is 15.2 Å². The first-order valence-corrected chi connectivity index (χ1v) is 8.92. The second kappa shape index (κ2) is 8.05. The van der Waals surface area contributed by atoms with E-state index in [-0.39, 0.29) is 11.9 Å². The molecule has 3 rings (SSSR count). The molecule has 1 unspecified atom stereocenters.